The van der Waals surface area contributed by atoms with E-state index < -0.39 is 0 Å². The molecule has 2 aromatic rings. The number of amides is 1. The predicted molar refractivity (Wildman–Crippen MR) is 88.2 cm³/mol. The fraction of sp³-hybridized carbons (Fsp3) is 0.294. The molecule has 0 saturated heterocycles. The Morgan fingerprint density at radius 3 is 2.96 bits per heavy atom. The van der Waals surface area contributed by atoms with Gasteiger partial charge in [-0.15, -0.1) is 0 Å². The Morgan fingerprint density at radius 1 is 1.43 bits per heavy atom. The van der Waals surface area contributed by atoms with E-state index in [1.807, 2.05) is 6.07 Å². The monoisotopic (exact) mass is 333 g/mol. The summed E-state index contributed by atoms with van der Waals surface area (Å²) in [6, 6.07) is 10.1. The lowest BCUT2D eigenvalue weighted by molar-refractivity contribution is -0.119. The molecule has 1 fully saturated rings. The van der Waals surface area contributed by atoms with Crippen LogP contribution in [-0.4, -0.2) is 30.5 Å². The Labute approximate surface area is 139 Å². The molecule has 0 unspecified atom stereocenters. The van der Waals surface area contributed by atoms with E-state index in [2.05, 4.69) is 10.3 Å². The van der Waals surface area contributed by atoms with Gasteiger partial charge in [-0.2, -0.15) is 0 Å². The number of likely N-dealkylation sites (N-methyl/N-ethyl adjacent to an activating group) is 1. The van der Waals surface area contributed by atoms with Crippen LogP contribution in [-0.2, 0) is 4.79 Å². The third-order valence-electron chi connectivity index (χ3n) is 3.90. The zero-order chi connectivity index (χ0) is 16.4. The van der Waals surface area contributed by atoms with Crippen LogP contribution in [0.3, 0.4) is 0 Å². The minimum atomic E-state index is -0.243. The molecule has 1 aliphatic rings. The molecule has 120 valence electrons. The second kappa shape index (κ2) is 6.54. The van der Waals surface area contributed by atoms with Crippen molar-refractivity contribution in [3.8, 4) is 0 Å². The molecule has 4 nitrogen and oxygen atoms in total. The first-order valence-electron chi connectivity index (χ1n) is 7.40. The molecule has 2 atom stereocenters. The van der Waals surface area contributed by atoms with Gasteiger partial charge in [0.2, 0.25) is 5.91 Å². The number of aromatic nitrogens is 1. The molecule has 0 spiro atoms. The van der Waals surface area contributed by atoms with Crippen molar-refractivity contribution >= 4 is 23.3 Å². The largest absolute Gasteiger partial charge is 0.351 e. The Morgan fingerprint density at radius 2 is 2.26 bits per heavy atom. The predicted octanol–water partition coefficient (Wildman–Crippen LogP) is 2.98. The van der Waals surface area contributed by atoms with Crippen LogP contribution in [0.1, 0.15) is 17.9 Å². The van der Waals surface area contributed by atoms with Gasteiger partial charge in [-0.05, 0) is 36.2 Å². The molecule has 0 aliphatic heterocycles. The van der Waals surface area contributed by atoms with E-state index in [1.165, 1.54) is 12.1 Å². The van der Waals surface area contributed by atoms with Crippen molar-refractivity contribution in [2.45, 2.75) is 18.4 Å². The lowest BCUT2D eigenvalue weighted by atomic mass is 10.1. The first-order chi connectivity index (χ1) is 11.0. The van der Waals surface area contributed by atoms with Gasteiger partial charge in [0.05, 0.1) is 11.6 Å². The third-order valence-corrected chi connectivity index (χ3v) is 4.12. The summed E-state index contributed by atoms with van der Waals surface area (Å²) >= 11 is 5.80. The highest BCUT2D eigenvalue weighted by Gasteiger charge is 2.39. The second-order valence-corrected chi connectivity index (χ2v) is 6.20. The maximum absolute atomic E-state index is 13.2. The molecule has 1 aliphatic carbocycles. The van der Waals surface area contributed by atoms with Crippen LogP contribution in [0.25, 0.3) is 0 Å². The van der Waals surface area contributed by atoms with E-state index in [0.717, 1.165) is 12.0 Å². The number of carbonyl (C=O) groups excluding carboxylic acids is 1. The van der Waals surface area contributed by atoms with E-state index in [0.29, 0.717) is 10.8 Å². The molecule has 0 bridgehead atoms. The number of nitrogens with zero attached hydrogens (tertiary/aromatic N) is 2. The number of rotatable bonds is 5. The van der Waals surface area contributed by atoms with Gasteiger partial charge < -0.3 is 10.2 Å². The number of nitrogens with one attached hydrogen (secondary N) is 1. The highest BCUT2D eigenvalue weighted by Crippen LogP contribution is 2.40. The first kappa shape index (κ1) is 15.7. The maximum Gasteiger partial charge on any atom is 0.239 e. The fourth-order valence-corrected chi connectivity index (χ4v) is 2.71. The highest BCUT2D eigenvalue weighted by molar-refractivity contribution is 6.30. The molecule has 1 aromatic heterocycles. The number of anilines is 1. The van der Waals surface area contributed by atoms with Gasteiger partial charge in [0, 0.05) is 25.2 Å². The Balaban J connectivity index is 1.51. The van der Waals surface area contributed by atoms with E-state index in [-0.39, 0.29) is 30.2 Å². The number of carbonyl (C=O) groups is 1. The average molecular weight is 334 g/mol. The smallest absolute Gasteiger partial charge is 0.239 e. The minimum Gasteiger partial charge on any atom is -0.351 e. The Kier molecular flexibility index (Phi) is 4.48. The fourth-order valence-electron chi connectivity index (χ4n) is 2.60. The number of hydrogen-bond donors (Lipinski definition) is 1. The highest BCUT2D eigenvalue weighted by atomic mass is 35.5. The van der Waals surface area contributed by atoms with Gasteiger partial charge in [0.25, 0.3) is 0 Å². The van der Waals surface area contributed by atoms with Crippen molar-refractivity contribution in [2.75, 3.05) is 18.5 Å². The van der Waals surface area contributed by atoms with Crippen LogP contribution in [0.2, 0.25) is 5.02 Å². The molecular weight excluding hydrogens is 317 g/mol. The van der Waals surface area contributed by atoms with Crippen molar-refractivity contribution in [3.63, 3.8) is 0 Å². The van der Waals surface area contributed by atoms with Gasteiger partial charge in [0.15, 0.2) is 0 Å². The zero-order valence-electron chi connectivity index (χ0n) is 12.7. The summed E-state index contributed by atoms with van der Waals surface area (Å²) in [5.74, 6) is 0.566. The van der Waals surface area contributed by atoms with Crippen LogP contribution in [0.4, 0.5) is 10.2 Å². The Bertz CT molecular complexity index is 707. The molecule has 6 heteroatoms. The minimum absolute atomic E-state index is 0.0758. The Hall–Kier alpha value is -2.14. The van der Waals surface area contributed by atoms with Crippen molar-refractivity contribution in [2.24, 2.45) is 0 Å². The summed E-state index contributed by atoms with van der Waals surface area (Å²) in [5, 5.41) is 3.53. The van der Waals surface area contributed by atoms with Crippen LogP contribution in [0.5, 0.6) is 0 Å². The molecule has 23 heavy (non-hydrogen) atoms. The van der Waals surface area contributed by atoms with Gasteiger partial charge in [0.1, 0.15) is 11.6 Å². The number of hydrogen-bond acceptors (Lipinski definition) is 3. The lowest BCUT2D eigenvalue weighted by Crippen LogP contribution is -2.37. The summed E-state index contributed by atoms with van der Waals surface area (Å²) in [6.07, 6.45) is 2.39. The first-order valence-corrected chi connectivity index (χ1v) is 7.78. The summed E-state index contributed by atoms with van der Waals surface area (Å²) < 4.78 is 13.2. The average Bonchev–Trinajstić information content (AvgIpc) is 3.26. The quantitative estimate of drug-likeness (QED) is 0.915. The van der Waals surface area contributed by atoms with E-state index in [4.69, 9.17) is 11.6 Å². The van der Waals surface area contributed by atoms with Crippen LogP contribution >= 0.6 is 11.6 Å². The van der Waals surface area contributed by atoms with Crippen LogP contribution in [0, 0.1) is 5.82 Å². The second-order valence-electron chi connectivity index (χ2n) is 5.76. The molecule has 1 aromatic carbocycles. The van der Waals surface area contributed by atoms with Crippen molar-refractivity contribution < 1.29 is 9.18 Å². The summed E-state index contributed by atoms with van der Waals surface area (Å²) in [5.41, 5.74) is 0.933. The SMILES string of the molecule is CN(CC(=O)N[C@@H]1C[C@@H]1c1cccc(F)c1)c1ccc(Cl)cn1. The molecule has 0 radical (unpaired) electrons. The van der Waals surface area contributed by atoms with Crippen molar-refractivity contribution in [1.29, 1.82) is 0 Å². The van der Waals surface area contributed by atoms with Gasteiger partial charge in [-0.3, -0.25) is 4.79 Å². The lowest BCUT2D eigenvalue weighted by Gasteiger charge is -2.17. The molecule has 3 rings (SSSR count). The van der Waals surface area contributed by atoms with Crippen LogP contribution < -0.4 is 10.2 Å². The van der Waals surface area contributed by atoms with Gasteiger partial charge in [-0.25, -0.2) is 9.37 Å². The normalized spacial score (nSPS) is 19.3. The van der Waals surface area contributed by atoms with Gasteiger partial charge >= 0.3 is 0 Å². The molecule has 1 N–H and O–H groups in total. The van der Waals surface area contributed by atoms with E-state index in [1.54, 1.807) is 36.3 Å². The summed E-state index contributed by atoms with van der Waals surface area (Å²) in [7, 11) is 1.80. The molecule has 1 heterocycles. The van der Waals surface area contributed by atoms with Crippen molar-refractivity contribution in [3.05, 3.63) is 59.0 Å². The van der Waals surface area contributed by atoms with E-state index >= 15 is 0 Å². The summed E-state index contributed by atoms with van der Waals surface area (Å²) in [6.45, 7) is 0.209. The topological polar surface area (TPSA) is 45.2 Å². The number of pyridine rings is 1. The van der Waals surface area contributed by atoms with Crippen molar-refractivity contribution in [1.82, 2.24) is 10.3 Å². The standard InChI is InChI=1S/C17H17ClFN3O/c1-22(16-6-5-12(18)9-20-16)10-17(23)21-15-8-14(15)11-3-2-4-13(19)7-11/h2-7,9,14-15H,8,10H2,1H3,(H,21,23)/t14-,15-/m1/s1. The van der Waals surface area contributed by atoms with Gasteiger partial charge in [-0.1, -0.05) is 23.7 Å². The van der Waals surface area contributed by atoms with Crippen LogP contribution in [0.15, 0.2) is 42.6 Å². The van der Waals surface area contributed by atoms with E-state index in [9.17, 15) is 9.18 Å². The summed E-state index contributed by atoms with van der Waals surface area (Å²) in [4.78, 5) is 18.0. The number of benzene rings is 1. The third kappa shape index (κ3) is 3.99. The number of halogens is 2. The maximum atomic E-state index is 13.2. The molecule has 1 amide bonds. The zero-order valence-corrected chi connectivity index (χ0v) is 13.4. The molecule has 1 saturated carbocycles. The molecular formula is C17H17ClFN3O.